The molecule has 2 aromatic carbocycles. The van der Waals surface area contributed by atoms with E-state index in [2.05, 4.69) is 10.3 Å². The van der Waals surface area contributed by atoms with Crippen LogP contribution in [0.4, 0.5) is 0 Å². The maximum atomic E-state index is 13.2. The molecule has 0 unspecified atom stereocenters. The van der Waals surface area contributed by atoms with Gasteiger partial charge in [-0.15, -0.1) is 11.3 Å². The molecule has 2 heterocycles. The molecule has 4 rings (SSSR count). The fraction of sp³-hybridized carbons (Fsp3) is 0.174. The lowest BCUT2D eigenvalue weighted by Crippen LogP contribution is -2.48. The number of para-hydroxylation sites is 1. The van der Waals surface area contributed by atoms with Crippen LogP contribution in [0.25, 0.3) is 10.2 Å². The monoisotopic (exact) mass is 419 g/mol. The largest absolute Gasteiger partial charge is 0.459 e. The molecular weight excluding hydrogens is 398 g/mol. The van der Waals surface area contributed by atoms with Gasteiger partial charge in [0.15, 0.2) is 5.76 Å². The number of nitrogens with zero attached hydrogens (tertiary/aromatic N) is 2. The molecule has 0 saturated heterocycles. The Morgan fingerprint density at radius 2 is 1.83 bits per heavy atom. The highest BCUT2D eigenvalue weighted by Crippen LogP contribution is 2.22. The highest BCUT2D eigenvalue weighted by atomic mass is 32.1. The molecule has 1 N–H and O–H groups in total. The summed E-state index contributed by atoms with van der Waals surface area (Å²) >= 11 is 1.56. The van der Waals surface area contributed by atoms with Crippen molar-refractivity contribution in [1.29, 1.82) is 0 Å². The van der Waals surface area contributed by atoms with Crippen molar-refractivity contribution < 1.29 is 14.0 Å². The van der Waals surface area contributed by atoms with Gasteiger partial charge in [-0.1, -0.05) is 42.5 Å². The summed E-state index contributed by atoms with van der Waals surface area (Å²) in [6.45, 7) is 0.375. The van der Waals surface area contributed by atoms with E-state index in [0.717, 1.165) is 20.8 Å². The Labute approximate surface area is 178 Å². The van der Waals surface area contributed by atoms with Crippen LogP contribution in [0.1, 0.15) is 21.1 Å². The summed E-state index contributed by atoms with van der Waals surface area (Å²) in [5, 5.41) is 3.67. The van der Waals surface area contributed by atoms with Crippen LogP contribution in [0.3, 0.4) is 0 Å². The number of furan rings is 1. The zero-order valence-corrected chi connectivity index (χ0v) is 17.3. The third-order valence-electron chi connectivity index (χ3n) is 4.72. The number of amides is 2. The zero-order valence-electron chi connectivity index (χ0n) is 16.4. The summed E-state index contributed by atoms with van der Waals surface area (Å²) in [5.74, 6) is -0.421. The van der Waals surface area contributed by atoms with Gasteiger partial charge >= 0.3 is 0 Å². The molecule has 0 fully saturated rings. The summed E-state index contributed by atoms with van der Waals surface area (Å²) in [6, 6.07) is 20.0. The Hall–Kier alpha value is -3.45. The number of hydrogen-bond acceptors (Lipinski definition) is 5. The first kappa shape index (κ1) is 19.8. The first-order chi connectivity index (χ1) is 14.6. The molecule has 0 aliphatic rings. The van der Waals surface area contributed by atoms with Gasteiger partial charge in [0.25, 0.3) is 5.91 Å². The average Bonchev–Trinajstić information content (AvgIpc) is 3.43. The van der Waals surface area contributed by atoms with E-state index >= 15 is 0 Å². The lowest BCUT2D eigenvalue weighted by atomic mass is 10.0. The summed E-state index contributed by atoms with van der Waals surface area (Å²) in [5.41, 5.74) is 1.88. The molecule has 0 saturated carbocycles. The van der Waals surface area contributed by atoms with Crippen LogP contribution in [0.5, 0.6) is 0 Å². The van der Waals surface area contributed by atoms with E-state index in [1.807, 2.05) is 54.6 Å². The van der Waals surface area contributed by atoms with Crippen molar-refractivity contribution in [2.24, 2.45) is 0 Å². The fourth-order valence-electron chi connectivity index (χ4n) is 3.22. The minimum absolute atomic E-state index is 0.176. The van der Waals surface area contributed by atoms with Gasteiger partial charge < -0.3 is 14.6 Å². The molecule has 0 spiro atoms. The van der Waals surface area contributed by atoms with E-state index in [9.17, 15) is 9.59 Å². The van der Waals surface area contributed by atoms with Crippen LogP contribution in [0, 0.1) is 0 Å². The Morgan fingerprint density at radius 1 is 1.07 bits per heavy atom. The van der Waals surface area contributed by atoms with Gasteiger partial charge in [-0.3, -0.25) is 9.59 Å². The maximum absolute atomic E-state index is 13.2. The van der Waals surface area contributed by atoms with Crippen LogP contribution >= 0.6 is 11.3 Å². The molecule has 0 bridgehead atoms. The standard InChI is InChI=1S/C23H21N3O3S/c1-26(15-21-24-17-10-5-6-12-20(17)30-21)23(28)18(14-16-8-3-2-4-9-16)25-22(27)19-11-7-13-29-19/h2-13,18H,14-15H2,1H3,(H,25,27)/t18-/m0/s1. The summed E-state index contributed by atoms with van der Waals surface area (Å²) in [4.78, 5) is 32.0. The van der Waals surface area contributed by atoms with Gasteiger partial charge in [0, 0.05) is 13.5 Å². The number of thiazole rings is 1. The van der Waals surface area contributed by atoms with E-state index in [1.165, 1.54) is 6.26 Å². The molecule has 30 heavy (non-hydrogen) atoms. The van der Waals surface area contributed by atoms with E-state index in [0.29, 0.717) is 13.0 Å². The van der Waals surface area contributed by atoms with Crippen LogP contribution < -0.4 is 5.32 Å². The second-order valence-electron chi connectivity index (χ2n) is 6.96. The number of carbonyl (C=O) groups excluding carboxylic acids is 2. The van der Waals surface area contributed by atoms with Crippen LogP contribution in [-0.2, 0) is 17.8 Å². The average molecular weight is 420 g/mol. The van der Waals surface area contributed by atoms with Crippen molar-refractivity contribution in [3.63, 3.8) is 0 Å². The minimum atomic E-state index is -0.718. The quantitative estimate of drug-likeness (QED) is 0.493. The molecule has 6 nitrogen and oxygen atoms in total. The summed E-state index contributed by atoms with van der Waals surface area (Å²) in [7, 11) is 1.73. The van der Waals surface area contributed by atoms with Crippen molar-refractivity contribution in [2.75, 3.05) is 7.05 Å². The third-order valence-corrected chi connectivity index (χ3v) is 5.74. The van der Waals surface area contributed by atoms with Crippen LogP contribution in [-0.4, -0.2) is 34.8 Å². The van der Waals surface area contributed by atoms with Crippen LogP contribution in [0.2, 0.25) is 0 Å². The van der Waals surface area contributed by atoms with E-state index in [1.54, 1.807) is 35.4 Å². The van der Waals surface area contributed by atoms with Gasteiger partial charge in [-0.05, 0) is 29.8 Å². The number of likely N-dealkylation sites (N-methyl/N-ethyl adjacent to an activating group) is 1. The van der Waals surface area contributed by atoms with Gasteiger partial charge in [-0.2, -0.15) is 0 Å². The first-order valence-electron chi connectivity index (χ1n) is 9.58. The van der Waals surface area contributed by atoms with Gasteiger partial charge in [0.05, 0.1) is 23.0 Å². The predicted octanol–water partition coefficient (Wildman–Crippen LogP) is 3.89. The first-order valence-corrected chi connectivity index (χ1v) is 10.4. The molecule has 1 atom stereocenters. The normalized spacial score (nSPS) is 11.9. The lowest BCUT2D eigenvalue weighted by Gasteiger charge is -2.24. The molecule has 2 aromatic heterocycles. The smallest absolute Gasteiger partial charge is 0.287 e. The second kappa shape index (κ2) is 8.92. The lowest BCUT2D eigenvalue weighted by molar-refractivity contribution is -0.132. The third kappa shape index (κ3) is 4.58. The summed E-state index contributed by atoms with van der Waals surface area (Å²) in [6.07, 6.45) is 1.82. The number of carbonyl (C=O) groups is 2. The molecule has 7 heteroatoms. The fourth-order valence-corrected chi connectivity index (χ4v) is 4.24. The van der Waals surface area contributed by atoms with E-state index in [4.69, 9.17) is 4.42 Å². The highest BCUT2D eigenvalue weighted by Gasteiger charge is 2.26. The van der Waals surface area contributed by atoms with Crippen molar-refractivity contribution >= 4 is 33.4 Å². The van der Waals surface area contributed by atoms with Crippen molar-refractivity contribution in [3.8, 4) is 0 Å². The van der Waals surface area contributed by atoms with Gasteiger partial charge in [-0.25, -0.2) is 4.98 Å². The number of hydrogen-bond donors (Lipinski definition) is 1. The van der Waals surface area contributed by atoms with Crippen LogP contribution in [0.15, 0.2) is 77.4 Å². The van der Waals surface area contributed by atoms with Crippen molar-refractivity contribution in [1.82, 2.24) is 15.2 Å². The number of benzene rings is 2. The van der Waals surface area contributed by atoms with Crippen molar-refractivity contribution in [3.05, 3.63) is 89.3 Å². The molecule has 0 radical (unpaired) electrons. The zero-order chi connectivity index (χ0) is 20.9. The number of rotatable bonds is 7. The number of nitrogens with one attached hydrogen (secondary N) is 1. The Bertz CT molecular complexity index is 1110. The number of fused-ring (bicyclic) bond motifs is 1. The van der Waals surface area contributed by atoms with Gasteiger partial charge in [0.1, 0.15) is 11.0 Å². The number of aromatic nitrogens is 1. The van der Waals surface area contributed by atoms with Gasteiger partial charge in [0.2, 0.25) is 5.91 Å². The second-order valence-corrected chi connectivity index (χ2v) is 8.08. The van der Waals surface area contributed by atoms with E-state index in [-0.39, 0.29) is 11.7 Å². The molecule has 152 valence electrons. The SMILES string of the molecule is CN(Cc1nc2ccccc2s1)C(=O)[C@H](Cc1ccccc1)NC(=O)c1ccco1. The predicted molar refractivity (Wildman–Crippen MR) is 116 cm³/mol. The Kier molecular flexibility index (Phi) is 5.90. The van der Waals surface area contributed by atoms with E-state index < -0.39 is 11.9 Å². The summed E-state index contributed by atoms with van der Waals surface area (Å²) < 4.78 is 6.25. The van der Waals surface area contributed by atoms with Crippen molar-refractivity contribution in [2.45, 2.75) is 19.0 Å². The molecule has 2 amide bonds. The highest BCUT2D eigenvalue weighted by molar-refractivity contribution is 7.18. The molecule has 4 aromatic rings. The topological polar surface area (TPSA) is 75.4 Å². The Morgan fingerprint density at radius 3 is 2.57 bits per heavy atom. The molecule has 0 aliphatic heterocycles. The Balaban J connectivity index is 1.51. The molecular formula is C23H21N3O3S. The maximum Gasteiger partial charge on any atom is 0.287 e. The minimum Gasteiger partial charge on any atom is -0.459 e. The molecule has 0 aliphatic carbocycles.